The minimum Gasteiger partial charge on any atom is -0.491 e. The van der Waals surface area contributed by atoms with Crippen molar-refractivity contribution in [1.29, 1.82) is 0 Å². The van der Waals surface area contributed by atoms with Crippen LogP contribution in [0.4, 0.5) is 18.9 Å². The van der Waals surface area contributed by atoms with Crippen LogP contribution < -0.4 is 10.1 Å². The normalized spacial score (nSPS) is 11.2. The number of aromatic nitrogens is 2. The summed E-state index contributed by atoms with van der Waals surface area (Å²) < 4.78 is 44.0. The largest absolute Gasteiger partial charge is 0.491 e. The molecule has 5 nitrogen and oxygen atoms in total. The number of ether oxygens (including phenoxy) is 1. The number of hydrogen-bond acceptors (Lipinski definition) is 4. The van der Waals surface area contributed by atoms with E-state index in [4.69, 9.17) is 4.74 Å². The van der Waals surface area contributed by atoms with Gasteiger partial charge in [0.15, 0.2) is 0 Å². The van der Waals surface area contributed by atoms with Crippen molar-refractivity contribution in [2.45, 2.75) is 26.4 Å². The molecule has 1 N–H and O–H groups in total. The van der Waals surface area contributed by atoms with E-state index in [1.807, 2.05) is 6.92 Å². The average molecular weight is 339 g/mol. The van der Waals surface area contributed by atoms with Gasteiger partial charge < -0.3 is 10.1 Å². The Morgan fingerprint density at radius 3 is 2.58 bits per heavy atom. The van der Waals surface area contributed by atoms with Gasteiger partial charge in [0, 0.05) is 6.20 Å². The Labute approximate surface area is 136 Å². The fourth-order valence-electron chi connectivity index (χ4n) is 1.84. The highest BCUT2D eigenvalue weighted by Crippen LogP contribution is 2.35. The molecule has 1 aromatic heterocycles. The van der Waals surface area contributed by atoms with E-state index < -0.39 is 17.6 Å². The Balaban J connectivity index is 2.30. The van der Waals surface area contributed by atoms with E-state index in [0.29, 0.717) is 18.7 Å². The van der Waals surface area contributed by atoms with Crippen LogP contribution in [0.5, 0.6) is 5.75 Å². The second-order valence-electron chi connectivity index (χ2n) is 5.05. The number of nitrogens with zero attached hydrogens (tertiary/aromatic N) is 2. The van der Waals surface area contributed by atoms with Crippen molar-refractivity contribution in [1.82, 2.24) is 9.97 Å². The molecule has 0 spiro atoms. The number of hydrogen-bond donors (Lipinski definition) is 1. The first-order valence-corrected chi connectivity index (χ1v) is 7.25. The summed E-state index contributed by atoms with van der Waals surface area (Å²) in [6.07, 6.45) is -1.19. The van der Waals surface area contributed by atoms with Crippen LogP contribution in [0.15, 0.2) is 30.6 Å². The van der Waals surface area contributed by atoms with Gasteiger partial charge in [-0.2, -0.15) is 13.2 Å². The lowest BCUT2D eigenvalue weighted by Crippen LogP contribution is -2.16. The van der Waals surface area contributed by atoms with Crippen LogP contribution in [0.1, 0.15) is 35.1 Å². The highest BCUT2D eigenvalue weighted by Gasteiger charge is 2.31. The molecule has 0 radical (unpaired) electrons. The first-order chi connectivity index (χ1) is 11.3. The van der Waals surface area contributed by atoms with E-state index in [1.54, 1.807) is 6.92 Å². The zero-order valence-corrected chi connectivity index (χ0v) is 13.1. The van der Waals surface area contributed by atoms with Gasteiger partial charge in [0.05, 0.1) is 29.7 Å². The predicted octanol–water partition coefficient (Wildman–Crippen LogP) is 3.84. The lowest BCUT2D eigenvalue weighted by atomic mass is 10.1. The quantitative estimate of drug-likeness (QED) is 0.899. The first kappa shape index (κ1) is 17.7. The Morgan fingerprint density at radius 2 is 2.00 bits per heavy atom. The number of benzene rings is 1. The molecule has 0 bridgehead atoms. The molecular weight excluding hydrogens is 323 g/mol. The van der Waals surface area contributed by atoms with Gasteiger partial charge in [0.1, 0.15) is 11.4 Å². The smallest absolute Gasteiger partial charge is 0.416 e. The molecule has 0 saturated carbocycles. The van der Waals surface area contributed by atoms with Crippen molar-refractivity contribution in [2.75, 3.05) is 11.9 Å². The van der Waals surface area contributed by atoms with Crippen LogP contribution in [0, 0.1) is 6.92 Å². The molecule has 8 heteroatoms. The molecule has 1 amide bonds. The predicted molar refractivity (Wildman–Crippen MR) is 82.0 cm³/mol. The van der Waals surface area contributed by atoms with Crippen molar-refractivity contribution < 1.29 is 22.7 Å². The molecule has 2 rings (SSSR count). The van der Waals surface area contributed by atoms with Crippen LogP contribution in [0.3, 0.4) is 0 Å². The van der Waals surface area contributed by atoms with Gasteiger partial charge in [-0.3, -0.25) is 9.78 Å². The van der Waals surface area contributed by atoms with Crippen LogP contribution in [-0.4, -0.2) is 22.5 Å². The third-order valence-corrected chi connectivity index (χ3v) is 3.03. The average Bonchev–Trinajstić information content (AvgIpc) is 2.53. The number of carbonyl (C=O) groups excluding carboxylic acids is 1. The summed E-state index contributed by atoms with van der Waals surface area (Å²) in [7, 11) is 0. The number of carbonyl (C=O) groups is 1. The van der Waals surface area contributed by atoms with Crippen LogP contribution in [0.25, 0.3) is 0 Å². The van der Waals surface area contributed by atoms with Gasteiger partial charge in [-0.15, -0.1) is 0 Å². The van der Waals surface area contributed by atoms with Crippen molar-refractivity contribution in [2.24, 2.45) is 0 Å². The zero-order chi connectivity index (χ0) is 17.7. The molecule has 1 heterocycles. The molecule has 0 unspecified atom stereocenters. The van der Waals surface area contributed by atoms with Gasteiger partial charge in [-0.25, -0.2) is 4.98 Å². The van der Waals surface area contributed by atoms with Crippen molar-refractivity contribution in [3.63, 3.8) is 0 Å². The second-order valence-corrected chi connectivity index (χ2v) is 5.05. The van der Waals surface area contributed by atoms with E-state index >= 15 is 0 Å². The number of halogens is 3. The monoisotopic (exact) mass is 339 g/mol. The third kappa shape index (κ3) is 4.43. The van der Waals surface area contributed by atoms with Crippen LogP contribution >= 0.6 is 0 Å². The van der Waals surface area contributed by atoms with Gasteiger partial charge >= 0.3 is 6.18 Å². The number of rotatable bonds is 5. The maximum atomic E-state index is 12.9. The molecule has 0 aliphatic heterocycles. The van der Waals surface area contributed by atoms with Gasteiger partial charge in [-0.1, -0.05) is 6.92 Å². The highest BCUT2D eigenvalue weighted by molar-refractivity contribution is 6.03. The molecular formula is C16H16F3N3O2. The number of anilines is 1. The molecule has 128 valence electrons. The number of nitrogens with one attached hydrogen (secondary N) is 1. The Bertz CT molecular complexity index is 715. The fourth-order valence-corrected chi connectivity index (χ4v) is 1.84. The molecule has 0 saturated heterocycles. The molecule has 24 heavy (non-hydrogen) atoms. The van der Waals surface area contributed by atoms with Crippen LogP contribution in [-0.2, 0) is 6.18 Å². The van der Waals surface area contributed by atoms with E-state index in [-0.39, 0.29) is 17.1 Å². The maximum Gasteiger partial charge on any atom is 0.416 e. The number of alkyl halides is 3. The van der Waals surface area contributed by atoms with Crippen molar-refractivity contribution >= 4 is 11.6 Å². The minimum absolute atomic E-state index is 0.000506. The maximum absolute atomic E-state index is 12.9. The lowest BCUT2D eigenvalue weighted by molar-refractivity contribution is -0.137. The summed E-state index contributed by atoms with van der Waals surface area (Å²) in [5.74, 6) is -0.499. The van der Waals surface area contributed by atoms with Gasteiger partial charge in [0.25, 0.3) is 5.91 Å². The first-order valence-electron chi connectivity index (χ1n) is 7.25. The topological polar surface area (TPSA) is 64.1 Å². The second kappa shape index (κ2) is 7.29. The standard InChI is InChI=1S/C16H16F3N3O2/c1-3-6-24-14-5-4-11(16(17,18)19)7-12(14)22-15(23)13-9-20-10(2)8-21-13/h4-5,7-9H,3,6H2,1-2H3,(H,22,23). The summed E-state index contributed by atoms with van der Waals surface area (Å²) in [5.41, 5.74) is -0.320. The molecule has 0 atom stereocenters. The van der Waals surface area contributed by atoms with E-state index in [2.05, 4.69) is 15.3 Å². The summed E-state index contributed by atoms with van der Waals surface area (Å²) in [5, 5.41) is 2.40. The SMILES string of the molecule is CCCOc1ccc(C(F)(F)F)cc1NC(=O)c1cnc(C)cn1. The number of amides is 1. The highest BCUT2D eigenvalue weighted by atomic mass is 19.4. The summed E-state index contributed by atoms with van der Waals surface area (Å²) in [6.45, 7) is 3.89. The molecule has 1 aromatic carbocycles. The Kier molecular flexibility index (Phi) is 5.38. The van der Waals surface area contributed by atoms with Crippen molar-refractivity contribution in [3.8, 4) is 5.75 Å². The lowest BCUT2D eigenvalue weighted by Gasteiger charge is -2.15. The van der Waals surface area contributed by atoms with E-state index in [0.717, 1.165) is 12.1 Å². The number of aryl methyl sites for hydroxylation is 1. The van der Waals surface area contributed by atoms with E-state index in [9.17, 15) is 18.0 Å². The van der Waals surface area contributed by atoms with Gasteiger partial charge in [0.2, 0.25) is 0 Å². The summed E-state index contributed by atoms with van der Waals surface area (Å²) in [4.78, 5) is 20.0. The molecule has 2 aromatic rings. The third-order valence-electron chi connectivity index (χ3n) is 3.03. The molecule has 0 fully saturated rings. The van der Waals surface area contributed by atoms with Crippen LogP contribution in [0.2, 0.25) is 0 Å². The Hall–Kier alpha value is -2.64. The Morgan fingerprint density at radius 1 is 1.25 bits per heavy atom. The molecule has 0 aliphatic carbocycles. The summed E-state index contributed by atoms with van der Waals surface area (Å²) in [6, 6.07) is 2.94. The summed E-state index contributed by atoms with van der Waals surface area (Å²) >= 11 is 0. The zero-order valence-electron chi connectivity index (χ0n) is 13.1. The minimum atomic E-state index is -4.52. The van der Waals surface area contributed by atoms with Gasteiger partial charge in [-0.05, 0) is 31.5 Å². The van der Waals surface area contributed by atoms with E-state index in [1.165, 1.54) is 18.5 Å². The molecule has 0 aliphatic rings. The fraction of sp³-hybridized carbons (Fsp3) is 0.312. The van der Waals surface area contributed by atoms with Crippen molar-refractivity contribution in [3.05, 3.63) is 47.5 Å².